The summed E-state index contributed by atoms with van der Waals surface area (Å²) >= 11 is 0. The number of nitrogens with zero attached hydrogens (tertiary/aromatic N) is 2. The van der Waals surface area contributed by atoms with Crippen LogP contribution in [0.2, 0.25) is 0 Å². The Kier molecular flexibility index (Phi) is 15.6. The number of benzene rings is 3. The summed E-state index contributed by atoms with van der Waals surface area (Å²) in [6.45, 7) is 3.91. The molecule has 13 heteroatoms. The van der Waals surface area contributed by atoms with Gasteiger partial charge in [0.15, 0.2) is 14.6 Å². The van der Waals surface area contributed by atoms with Crippen molar-refractivity contribution < 1.29 is 42.8 Å². The highest BCUT2D eigenvalue weighted by atomic mass is 32.2. The van der Waals surface area contributed by atoms with E-state index in [-0.39, 0.29) is 31.0 Å². The molecule has 4 N–H and O–H groups in total. The summed E-state index contributed by atoms with van der Waals surface area (Å²) in [7, 11) is 0.740. The molecule has 0 atom stereocenters. The van der Waals surface area contributed by atoms with Gasteiger partial charge in [0.2, 0.25) is 0 Å². The number of sulfone groups is 1. The highest BCUT2D eigenvalue weighted by molar-refractivity contribution is 7.93. The number of hydrogen-bond acceptors (Lipinski definition) is 11. The predicted octanol–water partition coefficient (Wildman–Crippen LogP) is 2.58. The van der Waals surface area contributed by atoms with Gasteiger partial charge in [-0.2, -0.15) is 0 Å². The monoisotopic (exact) mass is 687 g/mol. The minimum absolute atomic E-state index is 0.0311. The lowest BCUT2D eigenvalue weighted by Crippen LogP contribution is -2.57. The number of aliphatic hydroxyl groups is 2. The molecular formula is C35H49N3O9S. The van der Waals surface area contributed by atoms with E-state index < -0.39 is 20.5 Å². The minimum atomic E-state index is -4.03. The van der Waals surface area contributed by atoms with Crippen LogP contribution in [0.3, 0.4) is 0 Å². The number of carbonyl (C=O) groups excluding carboxylic acids is 1. The Hall–Kier alpha value is -3.72. The van der Waals surface area contributed by atoms with Gasteiger partial charge in [-0.3, -0.25) is 14.9 Å². The van der Waals surface area contributed by atoms with Gasteiger partial charge in [-0.25, -0.2) is 13.9 Å². The second kappa shape index (κ2) is 19.3. The zero-order valence-electron chi connectivity index (χ0n) is 28.0. The van der Waals surface area contributed by atoms with E-state index in [2.05, 4.69) is 4.90 Å². The van der Waals surface area contributed by atoms with Crippen LogP contribution in [0.5, 0.6) is 17.2 Å². The van der Waals surface area contributed by atoms with Gasteiger partial charge in [0.25, 0.3) is 5.91 Å². The number of carbonyl (C=O) groups is 1. The maximum Gasteiger partial charge on any atom is 0.265 e. The van der Waals surface area contributed by atoms with Crippen molar-refractivity contribution in [3.05, 3.63) is 83.9 Å². The van der Waals surface area contributed by atoms with E-state index in [0.29, 0.717) is 31.9 Å². The highest BCUT2D eigenvalue weighted by Crippen LogP contribution is 2.36. The van der Waals surface area contributed by atoms with E-state index in [1.165, 1.54) is 24.8 Å². The first-order valence-corrected chi connectivity index (χ1v) is 17.4. The van der Waals surface area contributed by atoms with Crippen molar-refractivity contribution in [1.82, 2.24) is 15.3 Å². The number of ether oxygens (including phenoxy) is 3. The second-order valence-electron chi connectivity index (χ2n) is 11.4. The standard InChI is InChI=1S/C22H28N2O6S.C13H21NO3/c1-29-18-5-3-17(4-6-18)11-14-24-15-12-22(13-16-24,21(25)23-26)31(27,28)20-9-7-19(30-2)8-10-20;1-17-13-4-2-12(3-5-13)6-7-14(8-10-15)9-11-16/h3-10,26H,11-16H2,1-2H3,(H,23,25);2-5,15-16H,6-11H2,1H3. The molecule has 0 aromatic heterocycles. The fourth-order valence-electron chi connectivity index (χ4n) is 5.62. The maximum atomic E-state index is 13.4. The SMILES string of the molecule is COc1ccc(CCN(CCO)CCO)cc1.COc1ccc(CCN2CCC(C(=O)NO)(S(=O)(=O)c3ccc(OC)cc3)CC2)cc1. The zero-order chi connectivity index (χ0) is 35.0. The van der Waals surface area contributed by atoms with Crippen molar-refractivity contribution in [1.29, 1.82) is 0 Å². The fourth-order valence-corrected chi connectivity index (χ4v) is 7.57. The molecule has 48 heavy (non-hydrogen) atoms. The van der Waals surface area contributed by atoms with Crippen LogP contribution in [0.15, 0.2) is 77.7 Å². The Labute approximate surface area is 283 Å². The maximum absolute atomic E-state index is 13.4. The van der Waals surface area contributed by atoms with Crippen molar-refractivity contribution in [2.75, 3.05) is 73.8 Å². The molecule has 0 radical (unpaired) electrons. The molecule has 0 bridgehead atoms. The third-order valence-corrected chi connectivity index (χ3v) is 11.2. The minimum Gasteiger partial charge on any atom is -0.497 e. The largest absolute Gasteiger partial charge is 0.497 e. The average Bonchev–Trinajstić information content (AvgIpc) is 3.13. The Morgan fingerprint density at radius 3 is 1.60 bits per heavy atom. The summed E-state index contributed by atoms with van der Waals surface area (Å²) in [6, 6.07) is 21.7. The molecule has 0 unspecified atom stereocenters. The van der Waals surface area contributed by atoms with Crippen molar-refractivity contribution in [2.24, 2.45) is 0 Å². The Morgan fingerprint density at radius 2 is 1.19 bits per heavy atom. The van der Waals surface area contributed by atoms with Gasteiger partial charge >= 0.3 is 0 Å². The normalized spacial score (nSPS) is 14.5. The molecule has 1 aliphatic heterocycles. The van der Waals surface area contributed by atoms with Crippen molar-refractivity contribution in [3.8, 4) is 17.2 Å². The summed E-state index contributed by atoms with van der Waals surface area (Å²) in [5.74, 6) is 1.28. The smallest absolute Gasteiger partial charge is 0.265 e. The van der Waals surface area contributed by atoms with Crippen LogP contribution in [0.4, 0.5) is 0 Å². The van der Waals surface area contributed by atoms with E-state index in [0.717, 1.165) is 43.0 Å². The summed E-state index contributed by atoms with van der Waals surface area (Å²) in [6.07, 6.45) is 1.89. The summed E-state index contributed by atoms with van der Waals surface area (Å²) in [5, 5.41) is 27.1. The molecule has 1 fully saturated rings. The molecule has 3 aromatic rings. The van der Waals surface area contributed by atoms with E-state index in [4.69, 9.17) is 24.4 Å². The zero-order valence-corrected chi connectivity index (χ0v) is 28.8. The first kappa shape index (κ1) is 38.7. The average molecular weight is 688 g/mol. The number of aliphatic hydroxyl groups excluding tert-OH is 2. The molecule has 1 aliphatic rings. The third kappa shape index (κ3) is 10.4. The number of rotatable bonds is 16. The van der Waals surface area contributed by atoms with Crippen LogP contribution in [0.25, 0.3) is 0 Å². The van der Waals surface area contributed by atoms with Gasteiger partial charge in [0.05, 0.1) is 39.4 Å². The van der Waals surface area contributed by atoms with Crippen LogP contribution in [-0.2, 0) is 27.5 Å². The first-order chi connectivity index (χ1) is 23.2. The molecule has 1 saturated heterocycles. The summed E-state index contributed by atoms with van der Waals surface area (Å²) in [4.78, 5) is 16.8. The van der Waals surface area contributed by atoms with E-state index in [1.54, 1.807) is 31.8 Å². The Bertz CT molecular complexity index is 1470. The Morgan fingerprint density at radius 1 is 0.750 bits per heavy atom. The van der Waals surface area contributed by atoms with Gasteiger partial charge in [0.1, 0.15) is 17.2 Å². The highest BCUT2D eigenvalue weighted by Gasteiger charge is 2.52. The van der Waals surface area contributed by atoms with Gasteiger partial charge < -0.3 is 29.3 Å². The molecule has 0 saturated carbocycles. The first-order valence-electron chi connectivity index (χ1n) is 15.9. The van der Waals surface area contributed by atoms with Crippen molar-refractivity contribution in [2.45, 2.75) is 35.3 Å². The van der Waals surface area contributed by atoms with Crippen molar-refractivity contribution >= 4 is 15.7 Å². The second-order valence-corrected chi connectivity index (χ2v) is 13.7. The molecule has 264 valence electrons. The molecule has 3 aromatic carbocycles. The summed E-state index contributed by atoms with van der Waals surface area (Å²) in [5.41, 5.74) is 3.96. The van der Waals surface area contributed by atoms with Gasteiger partial charge in [-0.15, -0.1) is 0 Å². The predicted molar refractivity (Wildman–Crippen MR) is 183 cm³/mol. The molecule has 4 rings (SSSR count). The third-order valence-electron chi connectivity index (χ3n) is 8.65. The lowest BCUT2D eigenvalue weighted by Gasteiger charge is -2.39. The molecule has 1 amide bonds. The lowest BCUT2D eigenvalue weighted by molar-refractivity contribution is -0.133. The number of piperidine rings is 1. The van der Waals surface area contributed by atoms with E-state index >= 15 is 0 Å². The molecule has 12 nitrogen and oxygen atoms in total. The van der Waals surface area contributed by atoms with Crippen molar-refractivity contribution in [3.63, 3.8) is 0 Å². The topological polar surface area (TPSA) is 158 Å². The van der Waals surface area contributed by atoms with E-state index in [9.17, 15) is 18.4 Å². The molecule has 0 aliphatic carbocycles. The van der Waals surface area contributed by atoms with E-state index in [1.807, 2.05) is 53.4 Å². The number of hydroxylamine groups is 1. The van der Waals surface area contributed by atoms with Gasteiger partial charge in [-0.05, 0) is 85.3 Å². The van der Waals surface area contributed by atoms with Crippen LogP contribution >= 0.6 is 0 Å². The number of hydrogen-bond donors (Lipinski definition) is 4. The van der Waals surface area contributed by atoms with Crippen LogP contribution in [0, 0.1) is 0 Å². The Balaban J connectivity index is 0.000000311. The van der Waals surface area contributed by atoms with Crippen LogP contribution in [0.1, 0.15) is 24.0 Å². The van der Waals surface area contributed by atoms with Crippen LogP contribution in [-0.4, -0.2) is 118 Å². The number of nitrogens with one attached hydrogen (secondary N) is 1. The number of amides is 1. The van der Waals surface area contributed by atoms with Gasteiger partial charge in [0, 0.05) is 39.3 Å². The number of likely N-dealkylation sites (tertiary alicyclic amines) is 1. The molecular weight excluding hydrogens is 638 g/mol. The lowest BCUT2D eigenvalue weighted by atomic mass is 9.94. The van der Waals surface area contributed by atoms with Crippen LogP contribution < -0.4 is 19.7 Å². The summed E-state index contributed by atoms with van der Waals surface area (Å²) < 4.78 is 40.5. The van der Waals surface area contributed by atoms with Gasteiger partial charge in [-0.1, -0.05) is 24.3 Å². The quantitative estimate of drug-likeness (QED) is 0.130. The fraction of sp³-hybridized carbons (Fsp3) is 0.457. The molecule has 0 spiro atoms. The molecule has 1 heterocycles. The number of methoxy groups -OCH3 is 3.